The Kier molecular flexibility index (Phi) is 7.82. The first-order chi connectivity index (χ1) is 16.4. The molecule has 0 radical (unpaired) electrons. The van der Waals surface area contributed by atoms with Crippen molar-refractivity contribution < 1.29 is 18.8 Å². The molecule has 0 spiro atoms. The first kappa shape index (κ1) is 24.2. The van der Waals surface area contributed by atoms with Gasteiger partial charge in [0.25, 0.3) is 0 Å². The summed E-state index contributed by atoms with van der Waals surface area (Å²) < 4.78 is 10.9. The molecule has 184 valence electrons. The normalized spacial score (nSPS) is 18.2. The number of nitrogens with one attached hydrogen (secondary N) is 2. The number of carbonyl (C=O) groups excluding carboxylic acids is 2. The number of aromatic nitrogens is 2. The fourth-order valence-corrected chi connectivity index (χ4v) is 4.86. The number of hydrogen-bond acceptors (Lipinski definition) is 7. The van der Waals surface area contributed by atoms with E-state index in [0.717, 1.165) is 81.8 Å². The minimum Gasteiger partial charge on any atom is -0.378 e. The molecule has 0 atom stereocenters. The van der Waals surface area contributed by atoms with E-state index < -0.39 is 5.54 Å². The van der Waals surface area contributed by atoms with Crippen LogP contribution in [0, 0.1) is 6.92 Å². The van der Waals surface area contributed by atoms with Crippen molar-refractivity contribution in [1.29, 1.82) is 0 Å². The van der Waals surface area contributed by atoms with Gasteiger partial charge >= 0.3 is 0 Å². The summed E-state index contributed by atoms with van der Waals surface area (Å²) in [6.07, 6.45) is 6.47. The van der Waals surface area contributed by atoms with E-state index in [4.69, 9.17) is 9.26 Å². The summed E-state index contributed by atoms with van der Waals surface area (Å²) in [5.74, 6) is 0.740. The van der Waals surface area contributed by atoms with Crippen LogP contribution in [0.1, 0.15) is 69.1 Å². The minimum atomic E-state index is -0.578. The fourth-order valence-electron chi connectivity index (χ4n) is 4.86. The average molecular weight is 470 g/mol. The largest absolute Gasteiger partial charge is 0.378 e. The Morgan fingerprint density at radius 1 is 1.12 bits per heavy atom. The molecule has 2 aromatic rings. The van der Waals surface area contributed by atoms with E-state index in [2.05, 4.69) is 31.7 Å². The third kappa shape index (κ3) is 5.94. The summed E-state index contributed by atoms with van der Waals surface area (Å²) in [7, 11) is 0. The second kappa shape index (κ2) is 11.0. The predicted molar refractivity (Wildman–Crippen MR) is 129 cm³/mol. The lowest BCUT2D eigenvalue weighted by atomic mass is 9.89. The van der Waals surface area contributed by atoms with E-state index in [1.807, 2.05) is 19.1 Å². The van der Waals surface area contributed by atoms with Gasteiger partial charge in [0.2, 0.25) is 17.7 Å². The highest BCUT2D eigenvalue weighted by atomic mass is 16.5. The van der Waals surface area contributed by atoms with E-state index in [1.165, 1.54) is 6.92 Å². The van der Waals surface area contributed by atoms with Gasteiger partial charge in [-0.05, 0) is 43.5 Å². The van der Waals surface area contributed by atoms with Gasteiger partial charge in [-0.1, -0.05) is 30.8 Å². The van der Waals surface area contributed by atoms with Crippen molar-refractivity contribution in [1.82, 2.24) is 15.5 Å². The molecule has 2 amide bonds. The van der Waals surface area contributed by atoms with Gasteiger partial charge in [0.1, 0.15) is 5.54 Å². The molecule has 9 heteroatoms. The number of aryl methyl sites for hydroxylation is 2. The number of carbonyl (C=O) groups is 2. The van der Waals surface area contributed by atoms with Gasteiger partial charge in [-0.15, -0.1) is 0 Å². The Hall–Kier alpha value is -2.94. The monoisotopic (exact) mass is 469 g/mol. The van der Waals surface area contributed by atoms with Crippen LogP contribution in [0.4, 0.5) is 11.4 Å². The van der Waals surface area contributed by atoms with E-state index in [9.17, 15) is 9.59 Å². The van der Waals surface area contributed by atoms with Crippen LogP contribution in [0.3, 0.4) is 0 Å². The van der Waals surface area contributed by atoms with Crippen molar-refractivity contribution in [3.63, 3.8) is 0 Å². The van der Waals surface area contributed by atoms with Crippen LogP contribution < -0.4 is 15.5 Å². The minimum absolute atomic E-state index is 0.0948. The maximum absolute atomic E-state index is 12.6. The molecular weight excluding hydrogens is 434 g/mol. The summed E-state index contributed by atoms with van der Waals surface area (Å²) >= 11 is 0. The van der Waals surface area contributed by atoms with Crippen molar-refractivity contribution in [3.05, 3.63) is 35.5 Å². The molecule has 4 rings (SSSR count). The first-order valence-corrected chi connectivity index (χ1v) is 12.3. The Morgan fingerprint density at radius 3 is 2.53 bits per heavy atom. The fraction of sp³-hybridized carbons (Fsp3) is 0.600. The molecule has 2 N–H and O–H groups in total. The van der Waals surface area contributed by atoms with Gasteiger partial charge < -0.3 is 24.8 Å². The van der Waals surface area contributed by atoms with E-state index in [-0.39, 0.29) is 18.2 Å². The summed E-state index contributed by atoms with van der Waals surface area (Å²) in [6.45, 7) is 6.74. The van der Waals surface area contributed by atoms with E-state index in [0.29, 0.717) is 18.1 Å². The number of rotatable bonds is 7. The predicted octanol–water partition coefficient (Wildman–Crippen LogP) is 3.47. The molecular formula is C25H35N5O4. The van der Waals surface area contributed by atoms with Crippen LogP contribution in [-0.2, 0) is 26.3 Å². The second-order valence-corrected chi connectivity index (χ2v) is 9.34. The molecule has 1 aliphatic heterocycles. The number of ether oxygens (including phenoxy) is 1. The maximum Gasteiger partial charge on any atom is 0.227 e. The second-order valence-electron chi connectivity index (χ2n) is 9.34. The highest BCUT2D eigenvalue weighted by Crippen LogP contribution is 2.34. The number of benzene rings is 1. The highest BCUT2D eigenvalue weighted by Gasteiger charge is 2.38. The van der Waals surface area contributed by atoms with Gasteiger partial charge in [-0.25, -0.2) is 0 Å². The quantitative estimate of drug-likeness (QED) is 0.598. The molecule has 1 aromatic heterocycles. The molecule has 0 unspecified atom stereocenters. The Balaban J connectivity index is 1.35. The summed E-state index contributed by atoms with van der Waals surface area (Å²) in [5.41, 5.74) is 2.38. The Labute approximate surface area is 200 Å². The van der Waals surface area contributed by atoms with Crippen LogP contribution in [-0.4, -0.2) is 48.3 Å². The van der Waals surface area contributed by atoms with Crippen molar-refractivity contribution in [2.45, 2.75) is 70.8 Å². The lowest BCUT2D eigenvalue weighted by Crippen LogP contribution is -2.45. The van der Waals surface area contributed by atoms with Gasteiger partial charge in [0, 0.05) is 44.2 Å². The zero-order valence-corrected chi connectivity index (χ0v) is 20.2. The molecule has 1 aliphatic carbocycles. The lowest BCUT2D eigenvalue weighted by molar-refractivity contribution is -0.121. The van der Waals surface area contributed by atoms with Gasteiger partial charge in [0.15, 0.2) is 5.82 Å². The topological polar surface area (TPSA) is 110 Å². The van der Waals surface area contributed by atoms with E-state index in [1.54, 1.807) is 0 Å². The van der Waals surface area contributed by atoms with Crippen molar-refractivity contribution in [3.8, 4) is 0 Å². The third-order valence-electron chi connectivity index (χ3n) is 6.69. The molecule has 2 fully saturated rings. The smallest absolute Gasteiger partial charge is 0.227 e. The van der Waals surface area contributed by atoms with E-state index >= 15 is 0 Å². The molecule has 0 bridgehead atoms. The van der Waals surface area contributed by atoms with Crippen LogP contribution in [0.25, 0.3) is 0 Å². The zero-order chi connectivity index (χ0) is 24.0. The zero-order valence-electron chi connectivity index (χ0n) is 20.2. The average Bonchev–Trinajstić information content (AvgIpc) is 3.19. The highest BCUT2D eigenvalue weighted by molar-refractivity contribution is 5.91. The number of nitrogens with zero attached hydrogens (tertiary/aromatic N) is 3. The SMILES string of the molecule is CC(=O)NC1(c2noc(CCC(=O)Nc3ccc(N4CCOCC4)cc3C)n2)CCCCCC1. The van der Waals surface area contributed by atoms with Crippen LogP contribution in [0.5, 0.6) is 0 Å². The number of morpholine rings is 1. The van der Waals surface area contributed by atoms with Crippen molar-refractivity contribution in [2.24, 2.45) is 0 Å². The summed E-state index contributed by atoms with van der Waals surface area (Å²) in [4.78, 5) is 31.3. The van der Waals surface area contributed by atoms with Gasteiger partial charge in [0.05, 0.1) is 13.2 Å². The van der Waals surface area contributed by atoms with Gasteiger partial charge in [-0.2, -0.15) is 4.98 Å². The molecule has 9 nitrogen and oxygen atoms in total. The molecule has 2 heterocycles. The van der Waals surface area contributed by atoms with Crippen molar-refractivity contribution >= 4 is 23.2 Å². The first-order valence-electron chi connectivity index (χ1n) is 12.3. The number of hydrogen-bond donors (Lipinski definition) is 2. The van der Waals surface area contributed by atoms with Crippen molar-refractivity contribution in [2.75, 3.05) is 36.5 Å². The molecule has 34 heavy (non-hydrogen) atoms. The molecule has 1 saturated carbocycles. The number of anilines is 2. The van der Waals surface area contributed by atoms with Crippen LogP contribution in [0.15, 0.2) is 22.7 Å². The maximum atomic E-state index is 12.6. The van der Waals surface area contributed by atoms with Gasteiger partial charge in [-0.3, -0.25) is 9.59 Å². The molecule has 2 aliphatic rings. The Bertz CT molecular complexity index is 991. The molecule has 1 saturated heterocycles. The third-order valence-corrected chi connectivity index (χ3v) is 6.69. The standard InChI is InChI=1S/C25H35N5O4/c1-18-17-20(30-13-15-33-16-14-30)7-8-21(18)26-22(32)9-10-23-27-24(29-34-23)25(28-19(2)31)11-5-3-4-6-12-25/h7-8,17H,3-6,9-16H2,1-2H3,(H,26,32)(H,28,31). The Morgan fingerprint density at radius 2 is 1.85 bits per heavy atom. The molecule has 1 aromatic carbocycles. The number of amides is 2. The summed E-state index contributed by atoms with van der Waals surface area (Å²) in [5, 5.41) is 10.3. The van der Waals surface area contributed by atoms with Crippen LogP contribution in [0.2, 0.25) is 0 Å². The van der Waals surface area contributed by atoms with Crippen LogP contribution >= 0.6 is 0 Å². The lowest BCUT2D eigenvalue weighted by Gasteiger charge is -2.30. The summed E-state index contributed by atoms with van der Waals surface area (Å²) in [6, 6.07) is 6.08.